The summed E-state index contributed by atoms with van der Waals surface area (Å²) in [6.07, 6.45) is 8.01. The summed E-state index contributed by atoms with van der Waals surface area (Å²) in [6.45, 7) is 8.50. The third kappa shape index (κ3) is 2.43. The lowest BCUT2D eigenvalue weighted by Gasteiger charge is -2.50. The number of likely N-dealkylation sites (tertiary alicyclic amines) is 1. The molecule has 1 aliphatic heterocycles. The zero-order valence-electron chi connectivity index (χ0n) is 11.2. The van der Waals surface area contributed by atoms with Crippen LogP contribution in [0.4, 0.5) is 0 Å². The van der Waals surface area contributed by atoms with E-state index in [1.807, 2.05) is 0 Å². The van der Waals surface area contributed by atoms with Crippen molar-refractivity contribution in [3.05, 3.63) is 0 Å². The average Bonchev–Trinajstić information content (AvgIpc) is 2.19. The van der Waals surface area contributed by atoms with Gasteiger partial charge in [-0.1, -0.05) is 26.7 Å². The van der Waals surface area contributed by atoms with Crippen molar-refractivity contribution >= 4 is 0 Å². The zero-order chi connectivity index (χ0) is 11.8. The van der Waals surface area contributed by atoms with Gasteiger partial charge in [-0.3, -0.25) is 4.90 Å². The maximum Gasteiger partial charge on any atom is 0.0149 e. The van der Waals surface area contributed by atoms with Crippen molar-refractivity contribution in [1.29, 1.82) is 0 Å². The van der Waals surface area contributed by atoms with Gasteiger partial charge in [-0.25, -0.2) is 0 Å². The molecule has 2 aliphatic rings. The van der Waals surface area contributed by atoms with Crippen molar-refractivity contribution in [2.45, 2.75) is 77.4 Å². The second-order valence-corrected chi connectivity index (χ2v) is 6.62. The van der Waals surface area contributed by atoms with E-state index in [0.29, 0.717) is 17.5 Å². The molecule has 2 fully saturated rings. The van der Waals surface area contributed by atoms with E-state index in [1.165, 1.54) is 45.1 Å². The molecule has 0 aromatic rings. The molecule has 94 valence electrons. The molecule has 1 saturated carbocycles. The fourth-order valence-corrected chi connectivity index (χ4v) is 3.78. The number of nitrogens with zero attached hydrogens (tertiary/aromatic N) is 1. The molecule has 1 aliphatic carbocycles. The Labute approximate surface area is 101 Å². The van der Waals surface area contributed by atoms with Crippen LogP contribution in [0, 0.1) is 5.41 Å². The van der Waals surface area contributed by atoms with E-state index in [4.69, 9.17) is 5.73 Å². The maximum atomic E-state index is 6.06. The summed E-state index contributed by atoms with van der Waals surface area (Å²) in [4.78, 5) is 2.75. The zero-order valence-corrected chi connectivity index (χ0v) is 11.2. The molecule has 1 saturated heterocycles. The third-order valence-corrected chi connectivity index (χ3v) is 4.82. The van der Waals surface area contributed by atoms with Crippen LogP contribution in [0.1, 0.15) is 59.3 Å². The molecule has 0 aromatic carbocycles. The Hall–Kier alpha value is -0.0800. The van der Waals surface area contributed by atoms with Crippen molar-refractivity contribution < 1.29 is 0 Å². The Kier molecular flexibility index (Phi) is 3.60. The quantitative estimate of drug-likeness (QED) is 0.742. The van der Waals surface area contributed by atoms with E-state index in [0.717, 1.165) is 6.04 Å². The van der Waals surface area contributed by atoms with Gasteiger partial charge >= 0.3 is 0 Å². The first-order valence-corrected chi connectivity index (χ1v) is 7.02. The van der Waals surface area contributed by atoms with Crippen molar-refractivity contribution in [2.75, 3.05) is 6.54 Å². The highest BCUT2D eigenvalue weighted by Gasteiger charge is 2.39. The van der Waals surface area contributed by atoms with Gasteiger partial charge in [0.15, 0.2) is 0 Å². The lowest BCUT2D eigenvalue weighted by atomic mass is 9.71. The molecule has 0 amide bonds. The van der Waals surface area contributed by atoms with Crippen molar-refractivity contribution in [3.8, 4) is 0 Å². The molecule has 0 aromatic heterocycles. The molecular weight excluding hydrogens is 196 g/mol. The number of piperidine rings is 1. The monoisotopic (exact) mass is 224 g/mol. The topological polar surface area (TPSA) is 29.3 Å². The van der Waals surface area contributed by atoms with E-state index in [1.54, 1.807) is 0 Å². The van der Waals surface area contributed by atoms with E-state index in [9.17, 15) is 0 Å². The lowest BCUT2D eigenvalue weighted by molar-refractivity contribution is 0.00218. The Morgan fingerprint density at radius 2 is 1.94 bits per heavy atom. The second kappa shape index (κ2) is 4.66. The standard InChI is InChI=1S/C14H28N2/c1-11-10-12(15)7-9-16(11)13-6-4-5-8-14(13,2)3/h11-13H,4-10,15H2,1-3H3. The van der Waals surface area contributed by atoms with Gasteiger partial charge in [0, 0.05) is 24.7 Å². The SMILES string of the molecule is CC1CC(N)CCN1C1CCCCC1(C)C. The maximum absolute atomic E-state index is 6.06. The highest BCUT2D eigenvalue weighted by Crippen LogP contribution is 2.40. The van der Waals surface area contributed by atoms with Crippen LogP contribution in [-0.2, 0) is 0 Å². The van der Waals surface area contributed by atoms with E-state index >= 15 is 0 Å². The lowest BCUT2D eigenvalue weighted by Crippen LogP contribution is -2.55. The molecular formula is C14H28N2. The van der Waals surface area contributed by atoms with Gasteiger partial charge in [0.2, 0.25) is 0 Å². The molecule has 2 rings (SSSR count). The third-order valence-electron chi connectivity index (χ3n) is 4.82. The smallest absolute Gasteiger partial charge is 0.0149 e. The van der Waals surface area contributed by atoms with Crippen molar-refractivity contribution in [2.24, 2.45) is 11.1 Å². The normalized spacial score (nSPS) is 40.9. The van der Waals surface area contributed by atoms with Crippen LogP contribution in [0.15, 0.2) is 0 Å². The highest BCUT2D eigenvalue weighted by atomic mass is 15.2. The fraction of sp³-hybridized carbons (Fsp3) is 1.00. The Bertz CT molecular complexity index is 237. The van der Waals surface area contributed by atoms with Crippen LogP contribution in [0.3, 0.4) is 0 Å². The molecule has 3 atom stereocenters. The fourth-order valence-electron chi connectivity index (χ4n) is 3.78. The molecule has 0 spiro atoms. The average molecular weight is 224 g/mol. The highest BCUT2D eigenvalue weighted by molar-refractivity contribution is 4.94. The molecule has 1 heterocycles. The van der Waals surface area contributed by atoms with Gasteiger partial charge in [0.25, 0.3) is 0 Å². The van der Waals surface area contributed by atoms with Crippen LogP contribution in [-0.4, -0.2) is 29.6 Å². The number of hydrogen-bond donors (Lipinski definition) is 1. The van der Waals surface area contributed by atoms with Gasteiger partial charge in [-0.05, 0) is 38.0 Å². The first kappa shape index (κ1) is 12.4. The molecule has 16 heavy (non-hydrogen) atoms. The molecule has 2 heteroatoms. The van der Waals surface area contributed by atoms with Gasteiger partial charge in [-0.15, -0.1) is 0 Å². The Morgan fingerprint density at radius 3 is 2.56 bits per heavy atom. The van der Waals surface area contributed by atoms with Gasteiger partial charge in [0.1, 0.15) is 0 Å². The van der Waals surface area contributed by atoms with E-state index < -0.39 is 0 Å². The van der Waals surface area contributed by atoms with E-state index in [2.05, 4.69) is 25.7 Å². The molecule has 2 nitrogen and oxygen atoms in total. The minimum atomic E-state index is 0.443. The first-order valence-electron chi connectivity index (χ1n) is 7.02. The van der Waals surface area contributed by atoms with Crippen LogP contribution in [0.25, 0.3) is 0 Å². The minimum Gasteiger partial charge on any atom is -0.328 e. The minimum absolute atomic E-state index is 0.443. The molecule has 0 bridgehead atoms. The first-order chi connectivity index (χ1) is 7.50. The summed E-state index contributed by atoms with van der Waals surface area (Å²) < 4.78 is 0. The number of rotatable bonds is 1. The summed E-state index contributed by atoms with van der Waals surface area (Å²) in [5.41, 5.74) is 6.57. The second-order valence-electron chi connectivity index (χ2n) is 6.62. The van der Waals surface area contributed by atoms with Gasteiger partial charge < -0.3 is 5.73 Å². The summed E-state index contributed by atoms with van der Waals surface area (Å²) in [6, 6.07) is 1.92. The van der Waals surface area contributed by atoms with Crippen LogP contribution in [0.5, 0.6) is 0 Å². The van der Waals surface area contributed by atoms with E-state index in [-0.39, 0.29) is 0 Å². The number of hydrogen-bond acceptors (Lipinski definition) is 2. The number of nitrogens with two attached hydrogens (primary N) is 1. The van der Waals surface area contributed by atoms with Crippen LogP contribution in [0.2, 0.25) is 0 Å². The van der Waals surface area contributed by atoms with Crippen LogP contribution < -0.4 is 5.73 Å². The summed E-state index contributed by atoms with van der Waals surface area (Å²) >= 11 is 0. The van der Waals surface area contributed by atoms with Gasteiger partial charge in [-0.2, -0.15) is 0 Å². The largest absolute Gasteiger partial charge is 0.328 e. The predicted octanol–water partition coefficient (Wildman–Crippen LogP) is 2.77. The molecule has 3 unspecified atom stereocenters. The summed E-state index contributed by atoms with van der Waals surface area (Å²) in [7, 11) is 0. The Morgan fingerprint density at radius 1 is 1.19 bits per heavy atom. The van der Waals surface area contributed by atoms with Crippen molar-refractivity contribution in [3.63, 3.8) is 0 Å². The predicted molar refractivity (Wildman–Crippen MR) is 69.4 cm³/mol. The summed E-state index contributed by atoms with van der Waals surface area (Å²) in [5, 5.41) is 0. The van der Waals surface area contributed by atoms with Gasteiger partial charge in [0.05, 0.1) is 0 Å². The summed E-state index contributed by atoms with van der Waals surface area (Å²) in [5.74, 6) is 0. The Balaban J connectivity index is 2.05. The molecule has 2 N–H and O–H groups in total. The van der Waals surface area contributed by atoms with Crippen LogP contribution >= 0.6 is 0 Å². The van der Waals surface area contributed by atoms with Crippen molar-refractivity contribution in [1.82, 2.24) is 4.90 Å². The molecule has 0 radical (unpaired) electrons.